The lowest BCUT2D eigenvalue weighted by atomic mass is 10.2. The van der Waals surface area contributed by atoms with Crippen molar-refractivity contribution >= 4 is 37.6 Å². The van der Waals surface area contributed by atoms with E-state index in [9.17, 15) is 26.9 Å². The van der Waals surface area contributed by atoms with E-state index in [4.69, 9.17) is 16.7 Å². The van der Waals surface area contributed by atoms with Crippen molar-refractivity contribution in [3.8, 4) is 6.07 Å². The molecular weight excluding hydrogens is 452 g/mol. The third-order valence-electron chi connectivity index (χ3n) is 4.64. The summed E-state index contributed by atoms with van der Waals surface area (Å²) in [4.78, 5) is 13.7. The number of benzene rings is 2. The van der Waals surface area contributed by atoms with Gasteiger partial charge in [0, 0.05) is 31.7 Å². The number of primary sulfonamides is 1. The normalized spacial score (nSPS) is 15.6. The van der Waals surface area contributed by atoms with Crippen LogP contribution in [0.4, 0.5) is 0 Å². The van der Waals surface area contributed by atoms with E-state index in [1.165, 1.54) is 39.5 Å². The van der Waals surface area contributed by atoms with Crippen molar-refractivity contribution < 1.29 is 21.6 Å². The Morgan fingerprint density at radius 2 is 1.63 bits per heavy atom. The van der Waals surface area contributed by atoms with Gasteiger partial charge in [0.15, 0.2) is 0 Å². The third kappa shape index (κ3) is 4.33. The number of hydrogen-bond acceptors (Lipinski definition) is 6. The van der Waals surface area contributed by atoms with Crippen LogP contribution in [-0.4, -0.2) is 58.1 Å². The molecule has 0 spiro atoms. The number of halogens is 1. The van der Waals surface area contributed by atoms with Crippen LogP contribution in [0.1, 0.15) is 15.9 Å². The minimum atomic E-state index is -4.10. The molecule has 0 bridgehead atoms. The van der Waals surface area contributed by atoms with Gasteiger partial charge in [0.1, 0.15) is 11.0 Å². The topological polar surface area (TPSA) is 142 Å². The molecule has 0 aliphatic carbocycles. The Hall–Kier alpha value is -2.49. The van der Waals surface area contributed by atoms with Gasteiger partial charge >= 0.3 is 0 Å². The van der Waals surface area contributed by atoms with E-state index < -0.39 is 26.0 Å². The summed E-state index contributed by atoms with van der Waals surface area (Å²) in [7, 11) is -7.99. The zero-order valence-corrected chi connectivity index (χ0v) is 17.9. The Labute approximate surface area is 179 Å². The number of carbonyl (C=O) groups excluding carboxylic acids is 1. The first-order valence-electron chi connectivity index (χ1n) is 8.66. The number of hydrogen-bond donors (Lipinski definition) is 1. The molecule has 2 aromatic carbocycles. The molecule has 0 atom stereocenters. The summed E-state index contributed by atoms with van der Waals surface area (Å²) in [6.07, 6.45) is 0. The van der Waals surface area contributed by atoms with E-state index in [0.29, 0.717) is 0 Å². The highest BCUT2D eigenvalue weighted by Gasteiger charge is 2.32. The van der Waals surface area contributed by atoms with Crippen LogP contribution in [0.3, 0.4) is 0 Å². The van der Waals surface area contributed by atoms with Crippen LogP contribution in [0.5, 0.6) is 0 Å². The van der Waals surface area contributed by atoms with Crippen LogP contribution in [0.25, 0.3) is 0 Å². The first-order chi connectivity index (χ1) is 14.1. The quantitative estimate of drug-likeness (QED) is 0.709. The van der Waals surface area contributed by atoms with Gasteiger partial charge in [-0.25, -0.2) is 22.0 Å². The zero-order chi connectivity index (χ0) is 22.1. The second-order valence-electron chi connectivity index (χ2n) is 6.49. The van der Waals surface area contributed by atoms with Gasteiger partial charge in [-0.2, -0.15) is 9.57 Å². The summed E-state index contributed by atoms with van der Waals surface area (Å²) in [5.41, 5.74) is 0.127. The highest BCUT2D eigenvalue weighted by Crippen LogP contribution is 2.24. The second-order valence-corrected chi connectivity index (χ2v) is 10.3. The monoisotopic (exact) mass is 468 g/mol. The predicted molar refractivity (Wildman–Crippen MR) is 109 cm³/mol. The molecule has 1 aliphatic heterocycles. The standard InChI is InChI=1S/C18H17ClN4O5S2/c19-15-6-5-13(11-17(15)29(21,25)26)18(24)22-7-9-23(10-8-22)30(27,28)16-4-2-1-3-14(16)12-20/h1-6,11H,7-10H2,(H2,21,25,26). The Morgan fingerprint density at radius 3 is 2.23 bits per heavy atom. The maximum absolute atomic E-state index is 12.9. The molecule has 2 N–H and O–H groups in total. The van der Waals surface area contributed by atoms with Gasteiger partial charge in [-0.05, 0) is 30.3 Å². The molecule has 0 aromatic heterocycles. The minimum absolute atomic E-state index is 0.0312. The zero-order valence-electron chi connectivity index (χ0n) is 15.5. The van der Waals surface area contributed by atoms with Gasteiger partial charge in [-0.3, -0.25) is 4.79 Å². The van der Waals surface area contributed by atoms with E-state index in [0.717, 1.165) is 6.07 Å². The lowest BCUT2D eigenvalue weighted by Crippen LogP contribution is -2.50. The van der Waals surface area contributed by atoms with Gasteiger partial charge < -0.3 is 4.90 Å². The number of amides is 1. The molecule has 1 heterocycles. The lowest BCUT2D eigenvalue weighted by molar-refractivity contribution is 0.0697. The average molecular weight is 469 g/mol. The van der Waals surface area contributed by atoms with E-state index >= 15 is 0 Å². The Bertz CT molecular complexity index is 1250. The highest BCUT2D eigenvalue weighted by molar-refractivity contribution is 7.89. The van der Waals surface area contributed by atoms with Crippen molar-refractivity contribution in [2.45, 2.75) is 9.79 Å². The molecule has 12 heteroatoms. The predicted octanol–water partition coefficient (Wildman–Crippen LogP) is 1.01. The van der Waals surface area contributed by atoms with E-state index in [1.807, 2.05) is 6.07 Å². The van der Waals surface area contributed by atoms with E-state index in [1.54, 1.807) is 6.07 Å². The van der Waals surface area contributed by atoms with Gasteiger partial charge in [0.25, 0.3) is 5.91 Å². The van der Waals surface area contributed by atoms with Crippen LogP contribution >= 0.6 is 11.6 Å². The number of carbonyl (C=O) groups is 1. The number of nitrogens with zero attached hydrogens (tertiary/aromatic N) is 3. The van der Waals surface area contributed by atoms with E-state index in [2.05, 4.69) is 0 Å². The van der Waals surface area contributed by atoms with Crippen molar-refractivity contribution in [3.05, 3.63) is 58.6 Å². The van der Waals surface area contributed by atoms with Crippen LogP contribution in [0.2, 0.25) is 5.02 Å². The largest absolute Gasteiger partial charge is 0.336 e. The maximum atomic E-state index is 12.9. The number of rotatable bonds is 4. The molecule has 1 amide bonds. The Balaban J connectivity index is 1.78. The summed E-state index contributed by atoms with van der Waals surface area (Å²) in [5.74, 6) is -0.467. The molecule has 1 aliphatic rings. The lowest BCUT2D eigenvalue weighted by Gasteiger charge is -2.34. The molecule has 30 heavy (non-hydrogen) atoms. The summed E-state index contributed by atoms with van der Waals surface area (Å²) < 4.78 is 50.2. The fourth-order valence-electron chi connectivity index (χ4n) is 3.09. The van der Waals surface area contributed by atoms with Crippen LogP contribution in [0.15, 0.2) is 52.3 Å². The SMILES string of the molecule is N#Cc1ccccc1S(=O)(=O)N1CCN(C(=O)c2ccc(Cl)c(S(N)(=O)=O)c2)CC1. The minimum Gasteiger partial charge on any atom is -0.336 e. The fraction of sp³-hybridized carbons (Fsp3) is 0.222. The molecule has 0 radical (unpaired) electrons. The first-order valence-corrected chi connectivity index (χ1v) is 12.0. The molecule has 3 rings (SSSR count). The molecule has 2 aromatic rings. The van der Waals surface area contributed by atoms with Crippen LogP contribution < -0.4 is 5.14 Å². The Kier molecular flexibility index (Phi) is 6.16. The molecule has 1 saturated heterocycles. The van der Waals surface area contributed by atoms with E-state index in [-0.39, 0.29) is 52.1 Å². The molecule has 1 fully saturated rings. The first kappa shape index (κ1) is 22.2. The van der Waals surface area contributed by atoms with Crippen molar-refractivity contribution in [3.63, 3.8) is 0 Å². The summed E-state index contributed by atoms with van der Waals surface area (Å²) in [6.45, 7) is 0.257. The summed E-state index contributed by atoms with van der Waals surface area (Å²) in [6, 6.07) is 11.5. The van der Waals surface area contributed by atoms with Gasteiger partial charge in [0.05, 0.1) is 15.5 Å². The van der Waals surface area contributed by atoms with Crippen LogP contribution in [-0.2, 0) is 20.0 Å². The molecule has 0 saturated carbocycles. The average Bonchev–Trinajstić information content (AvgIpc) is 2.72. The summed E-state index contributed by atoms with van der Waals surface area (Å²) >= 11 is 5.84. The number of sulfonamides is 2. The fourth-order valence-corrected chi connectivity index (χ4v) is 5.73. The van der Waals surface area contributed by atoms with Gasteiger partial charge in [0.2, 0.25) is 20.0 Å². The highest BCUT2D eigenvalue weighted by atomic mass is 35.5. The molecule has 9 nitrogen and oxygen atoms in total. The smallest absolute Gasteiger partial charge is 0.253 e. The maximum Gasteiger partial charge on any atom is 0.253 e. The Morgan fingerprint density at radius 1 is 1.00 bits per heavy atom. The second kappa shape index (κ2) is 8.33. The van der Waals surface area contributed by atoms with Gasteiger partial charge in [-0.1, -0.05) is 23.7 Å². The molecular formula is C18H17ClN4O5S2. The van der Waals surface area contributed by atoms with Gasteiger partial charge in [-0.15, -0.1) is 0 Å². The van der Waals surface area contributed by atoms with Crippen molar-refractivity contribution in [1.29, 1.82) is 5.26 Å². The molecule has 158 valence electrons. The third-order valence-corrected chi connectivity index (χ3v) is 7.99. The van der Waals surface area contributed by atoms with Crippen LogP contribution in [0, 0.1) is 11.3 Å². The van der Waals surface area contributed by atoms with Crippen molar-refractivity contribution in [2.75, 3.05) is 26.2 Å². The number of piperazine rings is 1. The van der Waals surface area contributed by atoms with Crippen molar-refractivity contribution in [2.24, 2.45) is 5.14 Å². The number of nitrogens with two attached hydrogens (primary N) is 1. The van der Waals surface area contributed by atoms with Crippen molar-refractivity contribution in [1.82, 2.24) is 9.21 Å². The number of nitriles is 1. The summed E-state index contributed by atoms with van der Waals surface area (Å²) in [5, 5.41) is 14.2. The molecule has 0 unspecified atom stereocenters.